The van der Waals surface area contributed by atoms with E-state index in [9.17, 15) is 0 Å². The fourth-order valence-electron chi connectivity index (χ4n) is 0. The van der Waals surface area contributed by atoms with Crippen LogP contribution in [0.3, 0.4) is 0 Å². The largest absolute Gasteiger partial charge is 0.373 e. The topological polar surface area (TPSA) is 117 Å². The Bertz CT molecular complexity index is 58.2. The number of nitrogens with zero attached hydrogens (tertiary/aromatic N) is 6. The average Bonchev–Trinajstić information content (AvgIpc) is 1.39. The Morgan fingerprint density at radius 1 is 0.714 bits per heavy atom. The van der Waals surface area contributed by atoms with Gasteiger partial charge in [0.1, 0.15) is 0 Å². The van der Waals surface area contributed by atoms with Gasteiger partial charge in [-0.1, -0.05) is 0 Å². The molecule has 0 amide bonds. The summed E-state index contributed by atoms with van der Waals surface area (Å²) in [6.45, 7) is 0. The van der Waals surface area contributed by atoms with E-state index in [2.05, 4.69) is 0 Å². The molecule has 6 nitrogen and oxygen atoms in total. The molecule has 0 N–H and O–H groups in total. The Kier molecular flexibility index (Phi) is 199. The van der Waals surface area contributed by atoms with Crippen LogP contribution in [0.1, 0.15) is 0 Å². The summed E-state index contributed by atoms with van der Waals surface area (Å²) in [4.78, 5) is 3.00. The van der Waals surface area contributed by atoms with Crippen molar-refractivity contribution < 1.29 is 0 Å². The molecule has 0 aromatic heterocycles. The lowest BCUT2D eigenvalue weighted by molar-refractivity contribution is 2.36. The number of hydrogen-bond donors (Lipinski definition) is 0. The highest BCUT2D eigenvalue weighted by molar-refractivity contribution is 7.37. The van der Waals surface area contributed by atoms with Crippen LogP contribution in [0.5, 0.6) is 0 Å². The molecule has 0 saturated heterocycles. The fourth-order valence-corrected chi connectivity index (χ4v) is 0. The van der Waals surface area contributed by atoms with Crippen molar-refractivity contribution in [1.29, 1.82) is 0 Å². The van der Waals surface area contributed by atoms with Crippen molar-refractivity contribution in [2.45, 2.75) is 0 Å². The van der Waals surface area contributed by atoms with Gasteiger partial charge < -0.3 is 22.1 Å². The van der Waals surface area contributed by atoms with Crippen LogP contribution in [0.2, 0.25) is 0 Å². The highest BCUT2D eigenvalue weighted by Gasteiger charge is 0.691. The minimum atomic E-state index is 0. The van der Waals surface area contributed by atoms with E-state index < -0.39 is 0 Å². The zero-order valence-corrected chi connectivity index (χ0v) is 4.80. The molecule has 0 heterocycles. The monoisotopic (exact) mass is 120 g/mol. The van der Waals surface area contributed by atoms with E-state index >= 15 is 0 Å². The first-order valence-corrected chi connectivity index (χ1v) is 0.800. The lowest BCUT2D eigenvalue weighted by Crippen LogP contribution is -0.711. The smallest absolute Gasteiger partial charge is 0.210 e. The van der Waals surface area contributed by atoms with Gasteiger partial charge in [0.2, 0.25) is 0 Å². The highest BCUT2D eigenvalue weighted by atomic mass is 32.1. The Morgan fingerprint density at radius 3 is 0.714 bits per heavy atom. The second-order valence-corrected chi connectivity index (χ2v) is 0.179. The highest BCUT2D eigenvalue weighted by Crippen LogP contribution is 1.29. The SMILES string of the molecule is [N-]=[N+]=[N-].[N-]=[N+]=[N-].[SH4+2]. The molecule has 0 aromatic carbocycles. The molecule has 0 rings (SSSR count). The third-order valence-electron chi connectivity index (χ3n) is 0. The van der Waals surface area contributed by atoms with Gasteiger partial charge in [0.05, 0.1) is 0 Å². The zero-order chi connectivity index (χ0) is 5.41. The van der Waals surface area contributed by atoms with Crippen LogP contribution >= 0.6 is 0 Å². The second kappa shape index (κ2) is 83.3. The van der Waals surface area contributed by atoms with Crippen molar-refractivity contribution >= 4 is 13.5 Å². The molecule has 0 unspecified atom stereocenters. The van der Waals surface area contributed by atoms with E-state index in [-0.39, 0.29) is 13.5 Å². The molecule has 0 spiro atoms. The van der Waals surface area contributed by atoms with Crippen molar-refractivity contribution in [2.75, 3.05) is 0 Å². The van der Waals surface area contributed by atoms with E-state index in [1.807, 2.05) is 0 Å². The lowest BCUT2D eigenvalue weighted by Gasteiger charge is -1.32. The molecule has 7 heteroatoms. The van der Waals surface area contributed by atoms with E-state index in [1.165, 1.54) is 9.82 Å². The van der Waals surface area contributed by atoms with Crippen LogP contribution in [0.15, 0.2) is 0 Å². The first kappa shape index (κ1) is 16.7. The van der Waals surface area contributed by atoms with E-state index in [0.717, 1.165) is 0 Å². The first-order valence-electron chi connectivity index (χ1n) is 0.800. The molecular weight excluding hydrogens is 116 g/mol. The quantitative estimate of drug-likeness (QED) is 0.253. The summed E-state index contributed by atoms with van der Waals surface area (Å²) >= 11 is 0. The molecule has 0 fully saturated rings. The number of rotatable bonds is 0. The predicted octanol–water partition coefficient (Wildman–Crippen LogP) is 0.659. The summed E-state index contributed by atoms with van der Waals surface area (Å²) in [6, 6.07) is 0. The third-order valence-corrected chi connectivity index (χ3v) is 0. The van der Waals surface area contributed by atoms with Crippen molar-refractivity contribution in [2.24, 2.45) is 0 Å². The number of hydrogen-bond acceptors (Lipinski definition) is 0. The zero-order valence-electron chi connectivity index (χ0n) is 3.39. The summed E-state index contributed by atoms with van der Waals surface area (Å²) in [5, 5.41) is 0. The van der Waals surface area contributed by atoms with Gasteiger partial charge in [0.15, 0.2) is 0 Å². The minimum absolute atomic E-state index is 0. The van der Waals surface area contributed by atoms with E-state index in [4.69, 9.17) is 22.1 Å². The molecule has 0 bridgehead atoms. The predicted molar refractivity (Wildman–Crippen MR) is 33.1 cm³/mol. The van der Waals surface area contributed by atoms with Crippen molar-refractivity contribution in [3.63, 3.8) is 0 Å². The van der Waals surface area contributed by atoms with Crippen LogP contribution in [0, 0.1) is 0 Å². The summed E-state index contributed by atoms with van der Waals surface area (Å²) in [5.41, 5.74) is 27.0. The second-order valence-electron chi connectivity index (χ2n) is 0.179. The van der Waals surface area contributed by atoms with Crippen LogP contribution < -0.4 is 0 Å². The van der Waals surface area contributed by atoms with Crippen molar-refractivity contribution in [3.8, 4) is 0 Å². The van der Waals surface area contributed by atoms with Gasteiger partial charge in [-0.3, -0.25) is 9.82 Å². The molecule has 0 aliphatic heterocycles. The van der Waals surface area contributed by atoms with Crippen molar-refractivity contribution in [1.82, 2.24) is 0 Å². The van der Waals surface area contributed by atoms with Gasteiger partial charge in [-0.25, -0.2) is 13.5 Å². The van der Waals surface area contributed by atoms with Gasteiger partial charge in [-0.15, -0.1) is 0 Å². The van der Waals surface area contributed by atoms with Crippen LogP contribution in [-0.2, 0) is 13.5 Å². The summed E-state index contributed by atoms with van der Waals surface area (Å²) in [6.07, 6.45) is 0. The maximum absolute atomic E-state index is 6.75. The Balaban J connectivity index is -0.0000000400. The molecule has 0 radical (unpaired) electrons. The molecule has 0 atom stereocenters. The van der Waals surface area contributed by atoms with Gasteiger partial charge in [-0.2, -0.15) is 0 Å². The summed E-state index contributed by atoms with van der Waals surface area (Å²) in [7, 11) is 0. The van der Waals surface area contributed by atoms with Crippen LogP contribution in [0.4, 0.5) is 0 Å². The van der Waals surface area contributed by atoms with Gasteiger partial charge >= 0.3 is 0 Å². The van der Waals surface area contributed by atoms with Gasteiger partial charge in [0, 0.05) is 0 Å². The molecule has 0 aliphatic rings. The Morgan fingerprint density at radius 2 is 0.714 bits per heavy atom. The van der Waals surface area contributed by atoms with Gasteiger partial charge in [-0.05, 0) is 0 Å². The molecule has 0 aliphatic carbocycles. The molecule has 7 heavy (non-hydrogen) atoms. The standard InChI is InChI=1S/2N3.H4S/c2*1-3-2;/h;;1H4/q2*-1;+2. The summed E-state index contributed by atoms with van der Waals surface area (Å²) in [5.74, 6) is 0. The average molecular weight is 120 g/mol. The van der Waals surface area contributed by atoms with Crippen LogP contribution in [-0.4, -0.2) is 0 Å². The molecular formula is H4N6S. The van der Waals surface area contributed by atoms with Crippen LogP contribution in [0.25, 0.3) is 31.9 Å². The molecule has 0 saturated carbocycles. The van der Waals surface area contributed by atoms with E-state index in [0.29, 0.717) is 0 Å². The molecule has 0 aromatic rings. The molecule has 40 valence electrons. The first-order chi connectivity index (χ1) is 2.83. The minimum Gasteiger partial charge on any atom is -0.373 e. The van der Waals surface area contributed by atoms with E-state index in [1.54, 1.807) is 0 Å². The van der Waals surface area contributed by atoms with Crippen molar-refractivity contribution in [3.05, 3.63) is 31.9 Å². The van der Waals surface area contributed by atoms with Gasteiger partial charge in [0.25, 0.3) is 0 Å². The summed E-state index contributed by atoms with van der Waals surface area (Å²) < 4.78 is 0. The normalized spacial score (nSPS) is 2.29. The maximum atomic E-state index is 6.75. The lowest BCUT2D eigenvalue weighted by atomic mass is 13.0. The maximum Gasteiger partial charge on any atom is -0.210 e. The third kappa shape index (κ3) is 41.3. The Labute approximate surface area is 46.4 Å². The Hall–Kier alpha value is -1.03. The fraction of sp³-hybridized carbons (Fsp3) is 0.